The Balaban J connectivity index is 2.17. The second-order valence-electron chi connectivity index (χ2n) is 6.23. The predicted molar refractivity (Wildman–Crippen MR) is 112 cm³/mol. The van der Waals surface area contributed by atoms with Crippen LogP contribution in [0.15, 0.2) is 71.8 Å². The smallest absolute Gasteiger partial charge is 0.338 e. The second kappa shape index (κ2) is 11.6. The topological polar surface area (TPSA) is 61.8 Å². The molecule has 5 nitrogen and oxygen atoms in total. The summed E-state index contributed by atoms with van der Waals surface area (Å²) in [7, 11) is 1.61. The highest BCUT2D eigenvalue weighted by Gasteiger charge is 2.19. The van der Waals surface area contributed by atoms with Crippen LogP contribution in [0.5, 0.6) is 5.75 Å². The molecule has 0 saturated carbocycles. The maximum absolute atomic E-state index is 12.5. The summed E-state index contributed by atoms with van der Waals surface area (Å²) in [5, 5.41) is 0. The van der Waals surface area contributed by atoms with Crippen molar-refractivity contribution in [3.05, 3.63) is 82.9 Å². The Morgan fingerprint density at radius 3 is 2.24 bits per heavy atom. The fraction of sp³-hybridized carbons (Fsp3) is 0.250. The molecule has 5 heteroatoms. The van der Waals surface area contributed by atoms with Crippen molar-refractivity contribution in [1.29, 1.82) is 0 Å². The van der Waals surface area contributed by atoms with Gasteiger partial charge in [0.05, 0.1) is 32.5 Å². The van der Waals surface area contributed by atoms with Gasteiger partial charge in [0.2, 0.25) is 0 Å². The van der Waals surface area contributed by atoms with E-state index in [4.69, 9.17) is 14.2 Å². The zero-order valence-electron chi connectivity index (χ0n) is 17.0. The van der Waals surface area contributed by atoms with Crippen LogP contribution in [0.1, 0.15) is 25.0 Å². The average Bonchev–Trinajstić information content (AvgIpc) is 2.73. The van der Waals surface area contributed by atoms with Crippen molar-refractivity contribution >= 4 is 17.8 Å². The summed E-state index contributed by atoms with van der Waals surface area (Å²) in [6.45, 7) is 3.91. The Kier molecular flexibility index (Phi) is 8.86. The summed E-state index contributed by atoms with van der Waals surface area (Å²) in [5.74, 6) is 0.0108. The molecule has 0 aromatic heterocycles. The molecule has 0 amide bonds. The van der Waals surface area contributed by atoms with Crippen molar-refractivity contribution < 1.29 is 23.8 Å². The van der Waals surface area contributed by atoms with Gasteiger partial charge in [0.15, 0.2) is 5.78 Å². The highest BCUT2D eigenvalue weighted by molar-refractivity contribution is 6.12. The Morgan fingerprint density at radius 2 is 1.66 bits per heavy atom. The Labute approximate surface area is 171 Å². The molecule has 2 rings (SSSR count). The maximum atomic E-state index is 12.5. The van der Waals surface area contributed by atoms with Crippen molar-refractivity contribution in [1.82, 2.24) is 0 Å². The number of Topliss-reactive ketones (excluding diaryl/α,β-unsaturated/α-hetero) is 1. The van der Waals surface area contributed by atoms with E-state index in [1.165, 1.54) is 6.92 Å². The molecule has 0 radical (unpaired) electrons. The molecule has 29 heavy (non-hydrogen) atoms. The van der Waals surface area contributed by atoms with Crippen molar-refractivity contribution in [2.45, 2.75) is 20.5 Å². The van der Waals surface area contributed by atoms with Crippen molar-refractivity contribution in [2.75, 3.05) is 20.3 Å². The van der Waals surface area contributed by atoms with Crippen LogP contribution >= 0.6 is 0 Å². The van der Waals surface area contributed by atoms with Crippen LogP contribution in [0.3, 0.4) is 0 Å². The van der Waals surface area contributed by atoms with Gasteiger partial charge in [-0.15, -0.1) is 0 Å². The summed E-state index contributed by atoms with van der Waals surface area (Å²) in [4.78, 5) is 24.7. The monoisotopic (exact) mass is 394 g/mol. The number of methoxy groups -OCH3 is 1. The van der Waals surface area contributed by atoms with E-state index < -0.39 is 5.97 Å². The average molecular weight is 394 g/mol. The molecule has 0 N–H and O–H groups in total. The van der Waals surface area contributed by atoms with Gasteiger partial charge in [-0.25, -0.2) is 4.79 Å². The Hall–Kier alpha value is -3.18. The van der Waals surface area contributed by atoms with Gasteiger partial charge >= 0.3 is 5.97 Å². The van der Waals surface area contributed by atoms with E-state index in [2.05, 4.69) is 0 Å². The van der Waals surface area contributed by atoms with E-state index in [0.717, 1.165) is 16.9 Å². The molecular formula is C24H26O5. The van der Waals surface area contributed by atoms with E-state index in [0.29, 0.717) is 12.2 Å². The van der Waals surface area contributed by atoms with Crippen LogP contribution in [-0.2, 0) is 25.7 Å². The molecule has 0 aliphatic heterocycles. The first-order valence-electron chi connectivity index (χ1n) is 9.41. The molecule has 0 fully saturated rings. The molecule has 0 aliphatic carbocycles. The Bertz CT molecular complexity index is 864. The predicted octanol–water partition coefficient (Wildman–Crippen LogP) is 4.37. The second-order valence-corrected chi connectivity index (χ2v) is 6.23. The zero-order chi connectivity index (χ0) is 21.1. The number of benzene rings is 2. The fourth-order valence-corrected chi connectivity index (χ4v) is 2.64. The van der Waals surface area contributed by atoms with Crippen LogP contribution in [0.4, 0.5) is 0 Å². The quantitative estimate of drug-likeness (QED) is 0.259. The first kappa shape index (κ1) is 22.1. The van der Waals surface area contributed by atoms with E-state index >= 15 is 0 Å². The minimum absolute atomic E-state index is 0.166. The van der Waals surface area contributed by atoms with Gasteiger partial charge in [-0.05, 0) is 49.3 Å². The van der Waals surface area contributed by atoms with E-state index in [1.54, 1.807) is 26.2 Å². The van der Waals surface area contributed by atoms with Crippen LogP contribution in [0.25, 0.3) is 6.08 Å². The first-order valence-corrected chi connectivity index (χ1v) is 9.41. The van der Waals surface area contributed by atoms with Gasteiger partial charge in [-0.3, -0.25) is 4.79 Å². The highest BCUT2D eigenvalue weighted by Crippen LogP contribution is 2.18. The third kappa shape index (κ3) is 7.05. The minimum Gasteiger partial charge on any atom is -0.497 e. The third-order valence-electron chi connectivity index (χ3n) is 4.11. The first-order chi connectivity index (χ1) is 14.0. The summed E-state index contributed by atoms with van der Waals surface area (Å²) in [6, 6.07) is 16.9. The molecule has 0 atom stereocenters. The largest absolute Gasteiger partial charge is 0.497 e. The lowest BCUT2D eigenvalue weighted by molar-refractivity contribution is -0.138. The van der Waals surface area contributed by atoms with Gasteiger partial charge in [0.25, 0.3) is 0 Å². The molecule has 0 bridgehead atoms. The van der Waals surface area contributed by atoms with Gasteiger partial charge in [0, 0.05) is 5.57 Å². The number of hydrogen-bond acceptors (Lipinski definition) is 5. The van der Waals surface area contributed by atoms with Crippen LogP contribution in [-0.4, -0.2) is 32.1 Å². The summed E-state index contributed by atoms with van der Waals surface area (Å²) in [5.41, 5.74) is 2.30. The van der Waals surface area contributed by atoms with Gasteiger partial charge < -0.3 is 14.2 Å². The van der Waals surface area contributed by atoms with E-state index in [-0.39, 0.29) is 24.6 Å². The summed E-state index contributed by atoms with van der Waals surface area (Å²) < 4.78 is 15.9. The van der Waals surface area contributed by atoms with Crippen molar-refractivity contribution in [3.8, 4) is 5.75 Å². The molecule has 0 aliphatic rings. The van der Waals surface area contributed by atoms with Gasteiger partial charge in [-0.2, -0.15) is 0 Å². The Morgan fingerprint density at radius 1 is 0.966 bits per heavy atom. The standard InChI is InChI=1S/C24H26O5/c1-4-29-24(26)22(23(18(2)25)16-19-8-6-5-7-9-19)14-15-28-17-20-10-12-21(27-3)13-11-20/h5-14,16H,4,15,17H2,1-3H3/b22-14-,23-16-. The molecule has 0 unspecified atom stereocenters. The minimum atomic E-state index is -0.544. The summed E-state index contributed by atoms with van der Waals surface area (Å²) in [6.07, 6.45) is 3.28. The highest BCUT2D eigenvalue weighted by atomic mass is 16.5. The molecule has 0 spiro atoms. The van der Waals surface area contributed by atoms with Crippen LogP contribution < -0.4 is 4.74 Å². The lowest BCUT2D eigenvalue weighted by atomic mass is 9.99. The number of ether oxygens (including phenoxy) is 3. The van der Waals surface area contributed by atoms with E-state index in [9.17, 15) is 9.59 Å². The van der Waals surface area contributed by atoms with Crippen LogP contribution in [0.2, 0.25) is 0 Å². The lowest BCUT2D eigenvalue weighted by Gasteiger charge is -2.10. The number of hydrogen-bond donors (Lipinski definition) is 0. The molecule has 0 heterocycles. The zero-order valence-corrected chi connectivity index (χ0v) is 17.0. The molecule has 0 saturated heterocycles. The van der Waals surface area contributed by atoms with Crippen molar-refractivity contribution in [2.24, 2.45) is 0 Å². The number of carbonyl (C=O) groups excluding carboxylic acids is 2. The molecule has 2 aromatic rings. The molecular weight excluding hydrogens is 368 g/mol. The normalized spacial score (nSPS) is 11.8. The fourth-order valence-electron chi connectivity index (χ4n) is 2.64. The number of esters is 1. The molecule has 152 valence electrons. The van der Waals surface area contributed by atoms with Gasteiger partial charge in [-0.1, -0.05) is 42.5 Å². The van der Waals surface area contributed by atoms with Gasteiger partial charge in [0.1, 0.15) is 5.75 Å². The lowest BCUT2D eigenvalue weighted by Crippen LogP contribution is -2.14. The SMILES string of the molecule is CCOC(=O)C(=C\COCc1ccc(OC)cc1)/C(=C\c1ccccc1)C(C)=O. The number of ketones is 1. The van der Waals surface area contributed by atoms with Crippen LogP contribution in [0, 0.1) is 0 Å². The summed E-state index contributed by atoms with van der Waals surface area (Å²) >= 11 is 0. The number of rotatable bonds is 10. The molecule has 2 aromatic carbocycles. The maximum Gasteiger partial charge on any atom is 0.338 e. The van der Waals surface area contributed by atoms with E-state index in [1.807, 2.05) is 54.6 Å². The van der Waals surface area contributed by atoms with Crippen molar-refractivity contribution in [3.63, 3.8) is 0 Å². The third-order valence-corrected chi connectivity index (χ3v) is 4.11. The number of carbonyl (C=O) groups is 2.